The minimum atomic E-state index is 0.0974. The number of rotatable bonds is 5. The first kappa shape index (κ1) is 17.3. The van der Waals surface area contributed by atoms with Crippen molar-refractivity contribution in [2.45, 2.75) is 31.7 Å². The zero-order valence-electron chi connectivity index (χ0n) is 15.1. The summed E-state index contributed by atoms with van der Waals surface area (Å²) in [5.74, 6) is 1.60. The van der Waals surface area contributed by atoms with Gasteiger partial charge in [0.25, 0.3) is 5.91 Å². The quantitative estimate of drug-likeness (QED) is 0.811. The van der Waals surface area contributed by atoms with E-state index in [1.54, 1.807) is 14.2 Å². The minimum absolute atomic E-state index is 0.0974. The molecule has 1 saturated carbocycles. The molecule has 0 saturated heterocycles. The van der Waals surface area contributed by atoms with Crippen molar-refractivity contribution in [2.24, 2.45) is 0 Å². The molecule has 1 fully saturated rings. The molecule has 4 heteroatoms. The molecule has 0 unspecified atom stereocenters. The van der Waals surface area contributed by atoms with Gasteiger partial charge in [-0.1, -0.05) is 25.0 Å². The molecule has 132 valence electrons. The molecule has 0 aromatic heterocycles. The first-order valence-corrected chi connectivity index (χ1v) is 8.73. The van der Waals surface area contributed by atoms with Crippen LogP contribution >= 0.6 is 0 Å². The zero-order valence-corrected chi connectivity index (χ0v) is 15.1. The van der Waals surface area contributed by atoms with Gasteiger partial charge >= 0.3 is 0 Å². The summed E-state index contributed by atoms with van der Waals surface area (Å²) < 4.78 is 10.7. The summed E-state index contributed by atoms with van der Waals surface area (Å²) in [7, 11) is 5.20. The standard InChI is InChI=1S/C21H25NO3/c1-22(17-6-4-5-7-17)21(23)16-10-8-15(9-11-16)19-13-12-18(24-2)14-20(19)25-3/h8-14,17H,4-7H2,1-3H3. The Morgan fingerprint density at radius 2 is 1.68 bits per heavy atom. The van der Waals surface area contributed by atoms with Crippen molar-refractivity contribution in [3.05, 3.63) is 48.0 Å². The largest absolute Gasteiger partial charge is 0.497 e. The van der Waals surface area contributed by atoms with Crippen LogP contribution in [0.25, 0.3) is 11.1 Å². The molecule has 25 heavy (non-hydrogen) atoms. The molecule has 0 heterocycles. The first-order valence-electron chi connectivity index (χ1n) is 8.73. The summed E-state index contributed by atoms with van der Waals surface area (Å²) in [6.07, 6.45) is 4.67. The molecule has 0 spiro atoms. The predicted octanol–water partition coefficient (Wildman–Crippen LogP) is 4.39. The highest BCUT2D eigenvalue weighted by molar-refractivity contribution is 5.95. The summed E-state index contributed by atoms with van der Waals surface area (Å²) in [6, 6.07) is 13.9. The molecule has 1 aliphatic rings. The van der Waals surface area contributed by atoms with Gasteiger partial charge in [0.2, 0.25) is 0 Å². The van der Waals surface area contributed by atoms with E-state index in [1.165, 1.54) is 12.8 Å². The smallest absolute Gasteiger partial charge is 0.253 e. The van der Waals surface area contributed by atoms with E-state index in [1.807, 2.05) is 54.4 Å². The molecule has 0 N–H and O–H groups in total. The van der Waals surface area contributed by atoms with Crippen molar-refractivity contribution < 1.29 is 14.3 Å². The number of hydrogen-bond donors (Lipinski definition) is 0. The van der Waals surface area contributed by atoms with Gasteiger partial charge in [-0.25, -0.2) is 0 Å². The number of benzene rings is 2. The Morgan fingerprint density at radius 1 is 1.00 bits per heavy atom. The van der Waals surface area contributed by atoms with Gasteiger partial charge < -0.3 is 14.4 Å². The van der Waals surface area contributed by atoms with Crippen molar-refractivity contribution in [1.29, 1.82) is 0 Å². The van der Waals surface area contributed by atoms with Crippen LogP contribution in [0.3, 0.4) is 0 Å². The third-order valence-corrected chi connectivity index (χ3v) is 5.04. The molecular weight excluding hydrogens is 314 g/mol. The second-order valence-electron chi connectivity index (χ2n) is 6.50. The number of carbonyl (C=O) groups is 1. The Morgan fingerprint density at radius 3 is 2.28 bits per heavy atom. The molecule has 4 nitrogen and oxygen atoms in total. The monoisotopic (exact) mass is 339 g/mol. The summed E-state index contributed by atoms with van der Waals surface area (Å²) in [6.45, 7) is 0. The van der Waals surface area contributed by atoms with E-state index in [2.05, 4.69) is 0 Å². The SMILES string of the molecule is COc1ccc(-c2ccc(C(=O)N(C)C3CCCC3)cc2)c(OC)c1. The topological polar surface area (TPSA) is 38.8 Å². The highest BCUT2D eigenvalue weighted by Gasteiger charge is 2.24. The van der Waals surface area contributed by atoms with Crippen LogP contribution in [0.4, 0.5) is 0 Å². The number of carbonyl (C=O) groups excluding carboxylic acids is 1. The highest BCUT2D eigenvalue weighted by Crippen LogP contribution is 2.33. The van der Waals surface area contributed by atoms with Crippen molar-refractivity contribution >= 4 is 5.91 Å². The van der Waals surface area contributed by atoms with Gasteiger partial charge in [0.1, 0.15) is 11.5 Å². The molecule has 1 amide bonds. The van der Waals surface area contributed by atoms with Gasteiger partial charge in [0.05, 0.1) is 14.2 Å². The Balaban J connectivity index is 1.81. The molecule has 0 bridgehead atoms. The molecule has 0 aliphatic heterocycles. The lowest BCUT2D eigenvalue weighted by molar-refractivity contribution is 0.0735. The zero-order chi connectivity index (χ0) is 17.8. The van der Waals surface area contributed by atoms with Crippen LogP contribution in [-0.4, -0.2) is 38.1 Å². The molecule has 0 radical (unpaired) electrons. The lowest BCUT2D eigenvalue weighted by Gasteiger charge is -2.24. The summed E-state index contributed by atoms with van der Waals surface area (Å²) in [5.41, 5.74) is 2.72. The van der Waals surface area contributed by atoms with Crippen LogP contribution in [0.1, 0.15) is 36.0 Å². The lowest BCUT2D eigenvalue weighted by atomic mass is 10.0. The first-order chi connectivity index (χ1) is 12.1. The fourth-order valence-electron chi connectivity index (χ4n) is 3.49. The van der Waals surface area contributed by atoms with Crippen LogP contribution in [-0.2, 0) is 0 Å². The Labute approximate surface area is 149 Å². The summed E-state index contributed by atoms with van der Waals surface area (Å²) in [5, 5.41) is 0. The molecule has 0 atom stereocenters. The average molecular weight is 339 g/mol. The van der Waals surface area contributed by atoms with Gasteiger partial charge in [0.15, 0.2) is 0 Å². The maximum Gasteiger partial charge on any atom is 0.253 e. The lowest BCUT2D eigenvalue weighted by Crippen LogP contribution is -2.35. The average Bonchev–Trinajstić information content (AvgIpc) is 3.21. The van der Waals surface area contributed by atoms with Crippen LogP contribution in [0, 0.1) is 0 Å². The summed E-state index contributed by atoms with van der Waals surface area (Å²) in [4.78, 5) is 14.6. The van der Waals surface area contributed by atoms with E-state index < -0.39 is 0 Å². The van der Waals surface area contributed by atoms with Gasteiger partial charge in [0, 0.05) is 30.3 Å². The number of ether oxygens (including phenoxy) is 2. The van der Waals surface area contributed by atoms with Crippen molar-refractivity contribution in [3.63, 3.8) is 0 Å². The number of nitrogens with zero attached hydrogens (tertiary/aromatic N) is 1. The van der Waals surface area contributed by atoms with E-state index in [0.29, 0.717) is 6.04 Å². The van der Waals surface area contributed by atoms with E-state index in [9.17, 15) is 4.79 Å². The maximum absolute atomic E-state index is 12.7. The van der Waals surface area contributed by atoms with Crippen LogP contribution in [0.2, 0.25) is 0 Å². The van der Waals surface area contributed by atoms with Crippen molar-refractivity contribution in [3.8, 4) is 22.6 Å². The second kappa shape index (κ2) is 7.60. The molecule has 2 aromatic rings. The second-order valence-corrected chi connectivity index (χ2v) is 6.50. The Kier molecular flexibility index (Phi) is 5.27. The minimum Gasteiger partial charge on any atom is -0.497 e. The van der Waals surface area contributed by atoms with E-state index in [4.69, 9.17) is 9.47 Å². The van der Waals surface area contributed by atoms with Crippen LogP contribution in [0.15, 0.2) is 42.5 Å². The highest BCUT2D eigenvalue weighted by atomic mass is 16.5. The third kappa shape index (κ3) is 3.63. The predicted molar refractivity (Wildman–Crippen MR) is 99.3 cm³/mol. The van der Waals surface area contributed by atoms with Crippen LogP contribution < -0.4 is 9.47 Å². The van der Waals surface area contributed by atoms with E-state index >= 15 is 0 Å². The van der Waals surface area contributed by atoms with Crippen molar-refractivity contribution in [1.82, 2.24) is 4.90 Å². The molecule has 2 aromatic carbocycles. The van der Waals surface area contributed by atoms with E-state index in [0.717, 1.165) is 41.0 Å². The van der Waals surface area contributed by atoms with Crippen molar-refractivity contribution in [2.75, 3.05) is 21.3 Å². The van der Waals surface area contributed by atoms with Gasteiger partial charge in [-0.3, -0.25) is 4.79 Å². The molecular formula is C21H25NO3. The van der Waals surface area contributed by atoms with Crippen LogP contribution in [0.5, 0.6) is 11.5 Å². The number of methoxy groups -OCH3 is 2. The third-order valence-electron chi connectivity index (χ3n) is 5.04. The molecule has 1 aliphatic carbocycles. The molecule has 3 rings (SSSR count). The number of amides is 1. The van der Waals surface area contributed by atoms with Gasteiger partial charge in [-0.2, -0.15) is 0 Å². The van der Waals surface area contributed by atoms with Gasteiger partial charge in [-0.05, 0) is 42.7 Å². The number of hydrogen-bond acceptors (Lipinski definition) is 3. The Bertz CT molecular complexity index is 733. The van der Waals surface area contributed by atoms with E-state index in [-0.39, 0.29) is 5.91 Å². The Hall–Kier alpha value is -2.49. The fourth-order valence-corrected chi connectivity index (χ4v) is 3.49. The fraction of sp³-hybridized carbons (Fsp3) is 0.381. The normalized spacial score (nSPS) is 14.4. The maximum atomic E-state index is 12.7. The van der Waals surface area contributed by atoms with Gasteiger partial charge in [-0.15, -0.1) is 0 Å². The summed E-state index contributed by atoms with van der Waals surface area (Å²) >= 11 is 0.